The van der Waals surface area contributed by atoms with E-state index in [0.717, 1.165) is 43.4 Å². The van der Waals surface area contributed by atoms with E-state index in [1.807, 2.05) is 0 Å². The molecule has 5 aliphatic rings. The number of nitrogens with one attached hydrogen (secondary N) is 1. The van der Waals surface area contributed by atoms with Crippen molar-refractivity contribution in [2.75, 3.05) is 5.32 Å². The summed E-state index contributed by atoms with van der Waals surface area (Å²) in [7, 11) is 0. The van der Waals surface area contributed by atoms with Crippen LogP contribution in [0.25, 0.3) is 10.2 Å². The van der Waals surface area contributed by atoms with Crippen LogP contribution in [-0.2, 0) is 5.54 Å². The van der Waals surface area contributed by atoms with Gasteiger partial charge in [-0.15, -0.1) is 11.3 Å². The van der Waals surface area contributed by atoms with Crippen LogP contribution in [-0.4, -0.2) is 31.5 Å². The molecule has 5 saturated carbocycles. The number of amides is 2. The van der Waals surface area contributed by atoms with Gasteiger partial charge in [0, 0.05) is 5.39 Å². The largest absolute Gasteiger partial charge is 0.365 e. The lowest BCUT2D eigenvalue weighted by Gasteiger charge is -2.56. The highest BCUT2D eigenvalue weighted by molar-refractivity contribution is 7.21. The predicted octanol–water partition coefficient (Wildman–Crippen LogP) is 5.49. The second-order valence-corrected chi connectivity index (χ2v) is 12.7. The molecule has 0 spiro atoms. The van der Waals surface area contributed by atoms with E-state index in [1.165, 1.54) is 31.5 Å². The SMILES string of the molecule is NC(=O)c1sc2nc(C(F)F)cc(C3CC3)c2c1NC(=O)c1nn(C23CC4CC(CC(C4)C2)C3)cc1[N+](=O)[O-]. The Balaban J connectivity index is 1.30. The summed E-state index contributed by atoms with van der Waals surface area (Å²) in [6.45, 7) is 0. The molecule has 5 aliphatic carbocycles. The number of nitrogens with zero attached hydrogens (tertiary/aromatic N) is 4. The van der Waals surface area contributed by atoms with Crippen LogP contribution in [0.3, 0.4) is 0 Å². The smallest absolute Gasteiger partial charge is 0.320 e. The summed E-state index contributed by atoms with van der Waals surface area (Å²) in [6, 6.07) is 1.31. The van der Waals surface area contributed by atoms with Gasteiger partial charge in [-0.3, -0.25) is 24.4 Å². The Hall–Kier alpha value is -3.48. The lowest BCUT2D eigenvalue weighted by molar-refractivity contribution is -0.385. The molecule has 8 rings (SSSR count). The first kappa shape index (κ1) is 24.6. The van der Waals surface area contributed by atoms with Crippen molar-refractivity contribution < 1.29 is 23.3 Å². The Morgan fingerprint density at radius 1 is 1.18 bits per heavy atom. The number of nitrogens with two attached hydrogens (primary N) is 1. The van der Waals surface area contributed by atoms with Gasteiger partial charge < -0.3 is 11.1 Å². The van der Waals surface area contributed by atoms with Crippen molar-refractivity contribution in [1.82, 2.24) is 14.8 Å². The molecule has 39 heavy (non-hydrogen) atoms. The van der Waals surface area contributed by atoms with Gasteiger partial charge >= 0.3 is 5.69 Å². The molecule has 3 aromatic rings. The third-order valence-corrected chi connectivity index (χ3v) is 10.1. The first-order chi connectivity index (χ1) is 18.6. The number of rotatable bonds is 7. The molecule has 204 valence electrons. The van der Waals surface area contributed by atoms with E-state index in [0.29, 0.717) is 28.7 Å². The first-order valence-electron chi connectivity index (χ1n) is 13.2. The van der Waals surface area contributed by atoms with Crippen molar-refractivity contribution >= 4 is 44.7 Å². The molecule has 4 bridgehead atoms. The molecule has 0 aromatic carbocycles. The van der Waals surface area contributed by atoms with Gasteiger partial charge in [-0.1, -0.05) is 0 Å². The Morgan fingerprint density at radius 3 is 2.36 bits per heavy atom. The molecule has 3 aromatic heterocycles. The zero-order valence-corrected chi connectivity index (χ0v) is 21.7. The summed E-state index contributed by atoms with van der Waals surface area (Å²) in [6.07, 6.45) is 6.34. The third kappa shape index (κ3) is 3.92. The zero-order chi connectivity index (χ0) is 27.2. The number of hydrogen-bond acceptors (Lipinski definition) is 7. The highest BCUT2D eigenvalue weighted by Crippen LogP contribution is 2.59. The van der Waals surface area contributed by atoms with Crippen molar-refractivity contribution in [2.45, 2.75) is 69.2 Å². The average molecular weight is 557 g/mol. The summed E-state index contributed by atoms with van der Waals surface area (Å²) in [4.78, 5) is 41.5. The van der Waals surface area contributed by atoms with E-state index < -0.39 is 34.5 Å². The van der Waals surface area contributed by atoms with Crippen LogP contribution in [0.15, 0.2) is 12.3 Å². The van der Waals surface area contributed by atoms with E-state index in [2.05, 4.69) is 15.4 Å². The minimum Gasteiger partial charge on any atom is -0.365 e. The molecule has 2 amide bonds. The normalized spacial score (nSPS) is 27.4. The third-order valence-electron chi connectivity index (χ3n) is 9.01. The molecular weight excluding hydrogens is 530 g/mol. The fraction of sp³-hybridized carbons (Fsp3) is 0.538. The Labute approximate surface area is 225 Å². The molecule has 3 N–H and O–H groups in total. The van der Waals surface area contributed by atoms with Crippen LogP contribution in [0.4, 0.5) is 20.2 Å². The highest BCUT2D eigenvalue weighted by atomic mass is 32.1. The van der Waals surface area contributed by atoms with Gasteiger partial charge in [0.1, 0.15) is 21.6 Å². The molecule has 0 atom stereocenters. The lowest BCUT2D eigenvalue weighted by Crippen LogP contribution is -2.52. The van der Waals surface area contributed by atoms with Crippen molar-refractivity contribution in [3.63, 3.8) is 0 Å². The summed E-state index contributed by atoms with van der Waals surface area (Å²) >= 11 is 0.821. The van der Waals surface area contributed by atoms with E-state index in [-0.39, 0.29) is 32.5 Å². The van der Waals surface area contributed by atoms with Crippen LogP contribution in [0.5, 0.6) is 0 Å². The Kier molecular flexibility index (Phi) is 5.36. The number of hydrogen-bond donors (Lipinski definition) is 2. The summed E-state index contributed by atoms with van der Waals surface area (Å²) < 4.78 is 28.8. The van der Waals surface area contributed by atoms with Crippen LogP contribution in [0.1, 0.15) is 95.1 Å². The number of nitro groups is 1. The fourth-order valence-corrected chi connectivity index (χ4v) is 8.71. The summed E-state index contributed by atoms with van der Waals surface area (Å²) in [5.74, 6) is -0.0198. The standard InChI is InChI=1S/C26H26F2N6O4S/c27-22(28)16-6-15(14-1-2-14)18-20(21(23(29)35)39-25(18)30-16)31-24(36)19-17(34(37)38)10-33(32-19)26-7-11-3-12(8-26)5-13(4-11)9-26/h6,10-14,22H,1-5,7-9H2,(H2,29,35)(H,31,36). The minimum absolute atomic E-state index is 0.0105. The van der Waals surface area contributed by atoms with E-state index >= 15 is 0 Å². The number of carbonyl (C=O) groups excluding carboxylic acids is 2. The minimum atomic E-state index is -2.81. The molecule has 3 heterocycles. The molecular formula is C26H26F2N6O4S. The summed E-state index contributed by atoms with van der Waals surface area (Å²) in [5.41, 5.74) is 4.69. The molecule has 5 fully saturated rings. The second kappa shape index (κ2) is 8.51. The van der Waals surface area contributed by atoms with Gasteiger partial charge in [0.15, 0.2) is 0 Å². The van der Waals surface area contributed by atoms with Crippen molar-refractivity contribution in [1.29, 1.82) is 0 Å². The lowest BCUT2D eigenvalue weighted by atomic mass is 9.53. The topological polar surface area (TPSA) is 146 Å². The molecule has 0 aliphatic heterocycles. The van der Waals surface area contributed by atoms with Crippen LogP contribution in [0, 0.1) is 27.9 Å². The maximum absolute atomic E-state index is 13.6. The van der Waals surface area contributed by atoms with Crippen LogP contribution >= 0.6 is 11.3 Å². The van der Waals surface area contributed by atoms with Crippen molar-refractivity contribution in [3.05, 3.63) is 44.2 Å². The summed E-state index contributed by atoms with van der Waals surface area (Å²) in [5, 5.41) is 19.5. The van der Waals surface area contributed by atoms with Gasteiger partial charge in [0.25, 0.3) is 18.2 Å². The van der Waals surface area contributed by atoms with Crippen molar-refractivity contribution in [2.24, 2.45) is 23.5 Å². The predicted molar refractivity (Wildman–Crippen MR) is 138 cm³/mol. The van der Waals surface area contributed by atoms with Crippen LogP contribution < -0.4 is 11.1 Å². The Bertz CT molecular complexity index is 1530. The molecule has 0 unspecified atom stereocenters. The quantitative estimate of drug-likeness (QED) is 0.291. The monoisotopic (exact) mass is 556 g/mol. The second-order valence-electron chi connectivity index (χ2n) is 11.7. The Morgan fingerprint density at radius 2 is 1.82 bits per heavy atom. The maximum atomic E-state index is 13.6. The number of pyridine rings is 1. The van der Waals surface area contributed by atoms with Crippen molar-refractivity contribution in [3.8, 4) is 0 Å². The van der Waals surface area contributed by atoms with Gasteiger partial charge in [0.05, 0.1) is 16.1 Å². The zero-order valence-electron chi connectivity index (χ0n) is 20.9. The number of aromatic nitrogens is 3. The highest BCUT2D eigenvalue weighted by Gasteiger charge is 2.53. The van der Waals surface area contributed by atoms with Gasteiger partial charge in [-0.25, -0.2) is 13.8 Å². The van der Waals surface area contributed by atoms with Gasteiger partial charge in [0.2, 0.25) is 5.69 Å². The fourth-order valence-electron chi connectivity index (χ4n) is 7.69. The first-order valence-corrected chi connectivity index (χ1v) is 14.0. The van der Waals surface area contributed by atoms with E-state index in [1.54, 1.807) is 4.68 Å². The molecule has 0 radical (unpaired) electrons. The van der Waals surface area contributed by atoms with E-state index in [4.69, 9.17) is 5.73 Å². The molecule has 0 saturated heterocycles. The molecule has 13 heteroatoms. The average Bonchev–Trinajstić information content (AvgIpc) is 3.49. The number of fused-ring (bicyclic) bond motifs is 1. The molecule has 10 nitrogen and oxygen atoms in total. The van der Waals surface area contributed by atoms with Gasteiger partial charge in [-0.2, -0.15) is 5.10 Å². The number of carbonyl (C=O) groups is 2. The number of thiophene rings is 1. The number of anilines is 1. The number of alkyl halides is 2. The number of primary amides is 1. The maximum Gasteiger partial charge on any atom is 0.320 e. The van der Waals surface area contributed by atoms with E-state index in [9.17, 15) is 28.5 Å². The van der Waals surface area contributed by atoms with Crippen LogP contribution in [0.2, 0.25) is 0 Å². The van der Waals surface area contributed by atoms with Gasteiger partial charge in [-0.05, 0) is 86.7 Å². The number of halogens is 2.